The Morgan fingerprint density at radius 3 is 2.32 bits per heavy atom. The van der Waals surface area contributed by atoms with Crippen LogP contribution in [-0.4, -0.2) is 41.2 Å². The van der Waals surface area contributed by atoms with Crippen LogP contribution in [0.4, 0.5) is 0 Å². The van der Waals surface area contributed by atoms with Crippen LogP contribution in [0.15, 0.2) is 54.6 Å². The minimum absolute atomic E-state index is 0.794. The molecule has 22 heavy (non-hydrogen) atoms. The first kappa shape index (κ1) is 17.2. The van der Waals surface area contributed by atoms with Crippen molar-refractivity contribution in [1.82, 2.24) is 4.90 Å². The van der Waals surface area contributed by atoms with Crippen molar-refractivity contribution < 1.29 is 4.43 Å². The van der Waals surface area contributed by atoms with E-state index in [4.69, 9.17) is 16.0 Å². The van der Waals surface area contributed by atoms with Gasteiger partial charge in [-0.25, -0.2) is 0 Å². The molecule has 1 unspecified atom stereocenters. The highest BCUT2D eigenvalue weighted by Gasteiger charge is 2.15. The molecule has 0 aliphatic carbocycles. The Kier molecular flexibility index (Phi) is 7.13. The Hall–Kier alpha value is -1.13. The number of hydrogen-bond donors (Lipinski definition) is 0. The molecule has 4 heteroatoms. The maximum Gasteiger partial charge on any atom is 0.208 e. The van der Waals surface area contributed by atoms with Gasteiger partial charge in [-0.05, 0) is 49.4 Å². The Labute approximate surface area is 140 Å². The van der Waals surface area contributed by atoms with E-state index >= 15 is 0 Å². The van der Waals surface area contributed by atoms with E-state index in [-0.39, 0.29) is 0 Å². The first-order chi connectivity index (χ1) is 10.6. The highest BCUT2D eigenvalue weighted by atomic mass is 35.5. The first-order valence-corrected chi connectivity index (χ1v) is 9.95. The molecular weight excluding hydrogens is 310 g/mol. The van der Waals surface area contributed by atoms with Crippen LogP contribution in [0, 0.1) is 0 Å². The Morgan fingerprint density at radius 1 is 1.00 bits per heavy atom. The monoisotopic (exact) mass is 333 g/mol. The average Bonchev–Trinajstić information content (AvgIpc) is 2.53. The van der Waals surface area contributed by atoms with Gasteiger partial charge in [0.1, 0.15) is 0 Å². The topological polar surface area (TPSA) is 12.5 Å². The number of nitrogens with zero attached hydrogens (tertiary/aromatic N) is 1. The lowest BCUT2D eigenvalue weighted by Gasteiger charge is -2.18. The first-order valence-electron chi connectivity index (χ1n) is 7.71. The van der Waals surface area contributed by atoms with Gasteiger partial charge in [-0.2, -0.15) is 0 Å². The summed E-state index contributed by atoms with van der Waals surface area (Å²) in [5, 5.41) is 2.18. The Bertz CT molecular complexity index is 545. The standard InChI is InChI=1S/C18H24ClNOSi/c1-20(2)13-14-21-22(18-6-4-3-5-7-18)15-12-16-8-10-17(19)11-9-16/h3-11,22H,12-15H2,1-2H3. The SMILES string of the molecule is CN(C)CCO[SiH](CCc1ccc(Cl)cc1)c1ccccc1. The van der Waals surface area contributed by atoms with E-state index in [0.29, 0.717) is 0 Å². The van der Waals surface area contributed by atoms with Crippen LogP contribution in [-0.2, 0) is 10.8 Å². The average molecular weight is 334 g/mol. The van der Waals surface area contributed by atoms with Crippen molar-refractivity contribution in [3.05, 3.63) is 65.2 Å². The van der Waals surface area contributed by atoms with Crippen LogP contribution in [0.3, 0.4) is 0 Å². The largest absolute Gasteiger partial charge is 0.414 e. The zero-order valence-corrected chi connectivity index (χ0v) is 15.2. The normalized spacial score (nSPS) is 12.5. The van der Waals surface area contributed by atoms with Crippen LogP contribution in [0.5, 0.6) is 0 Å². The molecule has 0 fully saturated rings. The van der Waals surface area contributed by atoms with Crippen LogP contribution in [0.25, 0.3) is 0 Å². The zero-order valence-electron chi connectivity index (χ0n) is 13.3. The maximum absolute atomic E-state index is 6.26. The van der Waals surface area contributed by atoms with E-state index < -0.39 is 9.04 Å². The third-order valence-electron chi connectivity index (χ3n) is 3.64. The van der Waals surface area contributed by atoms with Gasteiger partial charge in [-0.1, -0.05) is 54.1 Å². The predicted molar refractivity (Wildman–Crippen MR) is 97.7 cm³/mol. The summed E-state index contributed by atoms with van der Waals surface area (Å²) in [6.45, 7) is 1.77. The lowest BCUT2D eigenvalue weighted by Crippen LogP contribution is -2.36. The second kappa shape index (κ2) is 9.11. The lowest BCUT2D eigenvalue weighted by atomic mass is 10.2. The quantitative estimate of drug-likeness (QED) is 0.688. The molecule has 0 amide bonds. The van der Waals surface area contributed by atoms with Gasteiger partial charge in [0.05, 0.1) is 0 Å². The zero-order chi connectivity index (χ0) is 15.8. The molecule has 1 atom stereocenters. The molecule has 0 bridgehead atoms. The molecule has 118 valence electrons. The summed E-state index contributed by atoms with van der Waals surface area (Å²) in [7, 11) is 2.77. The van der Waals surface area contributed by atoms with E-state index in [2.05, 4.69) is 61.5 Å². The van der Waals surface area contributed by atoms with Crippen LogP contribution in [0.1, 0.15) is 5.56 Å². The third-order valence-corrected chi connectivity index (χ3v) is 6.47. The summed E-state index contributed by atoms with van der Waals surface area (Å²) >= 11 is 5.95. The Balaban J connectivity index is 1.96. The molecule has 2 nitrogen and oxygen atoms in total. The summed E-state index contributed by atoms with van der Waals surface area (Å²) in [6.07, 6.45) is 1.05. The molecule has 0 aliphatic heterocycles. The second-order valence-electron chi connectivity index (χ2n) is 5.74. The van der Waals surface area contributed by atoms with Gasteiger partial charge in [0.2, 0.25) is 9.04 Å². The molecule has 0 spiro atoms. The highest BCUT2D eigenvalue weighted by Crippen LogP contribution is 2.12. The molecule has 0 radical (unpaired) electrons. The summed E-state index contributed by atoms with van der Waals surface area (Å²) in [4.78, 5) is 2.16. The van der Waals surface area contributed by atoms with Crippen molar-refractivity contribution in [2.75, 3.05) is 27.2 Å². The van der Waals surface area contributed by atoms with E-state index in [1.54, 1.807) is 0 Å². The number of hydrogen-bond acceptors (Lipinski definition) is 2. The van der Waals surface area contributed by atoms with Gasteiger partial charge in [0.15, 0.2) is 0 Å². The number of benzene rings is 2. The molecule has 0 saturated carbocycles. The Morgan fingerprint density at radius 2 is 1.68 bits per heavy atom. The highest BCUT2D eigenvalue weighted by molar-refractivity contribution is 6.67. The van der Waals surface area contributed by atoms with E-state index in [1.807, 2.05) is 12.1 Å². The third kappa shape index (κ3) is 5.93. The number of rotatable bonds is 8. The minimum Gasteiger partial charge on any atom is -0.414 e. The molecule has 0 saturated heterocycles. The van der Waals surface area contributed by atoms with Crippen molar-refractivity contribution in [3.63, 3.8) is 0 Å². The van der Waals surface area contributed by atoms with E-state index in [0.717, 1.165) is 30.6 Å². The summed E-state index contributed by atoms with van der Waals surface area (Å²) in [6, 6.07) is 19.9. The fourth-order valence-corrected chi connectivity index (χ4v) is 4.80. The van der Waals surface area contributed by atoms with Crippen molar-refractivity contribution in [1.29, 1.82) is 0 Å². The lowest BCUT2D eigenvalue weighted by molar-refractivity contribution is 0.265. The van der Waals surface area contributed by atoms with Crippen LogP contribution >= 0.6 is 11.6 Å². The van der Waals surface area contributed by atoms with Gasteiger partial charge in [-0.15, -0.1) is 0 Å². The van der Waals surface area contributed by atoms with Gasteiger partial charge >= 0.3 is 0 Å². The molecule has 2 aromatic rings. The molecular formula is C18H24ClNOSi. The van der Waals surface area contributed by atoms with Gasteiger partial charge in [0.25, 0.3) is 0 Å². The summed E-state index contributed by atoms with van der Waals surface area (Å²) in [5.74, 6) is 0. The van der Waals surface area contributed by atoms with Gasteiger partial charge in [0, 0.05) is 18.2 Å². The molecule has 0 aliphatic rings. The van der Waals surface area contributed by atoms with Crippen LogP contribution in [0.2, 0.25) is 11.1 Å². The van der Waals surface area contributed by atoms with Crippen molar-refractivity contribution >= 4 is 25.8 Å². The summed E-state index contributed by atoms with van der Waals surface area (Å²) < 4.78 is 6.26. The van der Waals surface area contributed by atoms with Crippen molar-refractivity contribution in [3.8, 4) is 0 Å². The molecule has 0 aromatic heterocycles. The predicted octanol–water partition coefficient (Wildman–Crippen LogP) is 3.09. The summed E-state index contributed by atoms with van der Waals surface area (Å²) in [5.41, 5.74) is 1.33. The van der Waals surface area contributed by atoms with Crippen molar-refractivity contribution in [2.24, 2.45) is 0 Å². The van der Waals surface area contributed by atoms with Gasteiger partial charge in [-0.3, -0.25) is 0 Å². The van der Waals surface area contributed by atoms with E-state index in [9.17, 15) is 0 Å². The van der Waals surface area contributed by atoms with Gasteiger partial charge < -0.3 is 9.33 Å². The molecule has 0 heterocycles. The maximum atomic E-state index is 6.26. The molecule has 0 N–H and O–H groups in total. The van der Waals surface area contributed by atoms with Crippen LogP contribution < -0.4 is 5.19 Å². The molecule has 2 aromatic carbocycles. The van der Waals surface area contributed by atoms with E-state index in [1.165, 1.54) is 10.8 Å². The van der Waals surface area contributed by atoms with Crippen molar-refractivity contribution in [2.45, 2.75) is 12.5 Å². The number of halogens is 1. The number of aryl methyl sites for hydroxylation is 1. The fraction of sp³-hybridized carbons (Fsp3) is 0.333. The fourth-order valence-electron chi connectivity index (χ4n) is 2.34. The minimum atomic E-state index is -1.39. The smallest absolute Gasteiger partial charge is 0.208 e. The number of likely N-dealkylation sites (N-methyl/N-ethyl adjacent to an activating group) is 1. The molecule has 2 rings (SSSR count). The second-order valence-corrected chi connectivity index (χ2v) is 8.73.